The van der Waals surface area contributed by atoms with Crippen molar-refractivity contribution in [3.05, 3.63) is 72.4 Å². The van der Waals surface area contributed by atoms with E-state index in [2.05, 4.69) is 20.9 Å². The van der Waals surface area contributed by atoms with Crippen molar-refractivity contribution in [1.82, 2.24) is 20.5 Å². The van der Waals surface area contributed by atoms with Crippen LogP contribution in [-0.4, -0.2) is 76.1 Å². The Morgan fingerprint density at radius 3 is 2.51 bits per heavy atom. The minimum Gasteiger partial charge on any atom is -0.383 e. The summed E-state index contributed by atoms with van der Waals surface area (Å²) >= 11 is 0. The minimum absolute atomic E-state index is 0. The van der Waals surface area contributed by atoms with Crippen LogP contribution in [0.5, 0.6) is 0 Å². The van der Waals surface area contributed by atoms with Crippen LogP contribution in [0.15, 0.2) is 66.9 Å². The zero-order chi connectivity index (χ0) is 28.1. The summed E-state index contributed by atoms with van der Waals surface area (Å²) in [6, 6.07) is 17.8. The van der Waals surface area contributed by atoms with Gasteiger partial charge < -0.3 is 31.7 Å². The summed E-state index contributed by atoms with van der Waals surface area (Å²) in [5, 5.41) is 20.5. The molecule has 2 aromatic carbocycles. The van der Waals surface area contributed by atoms with Gasteiger partial charge in [0.1, 0.15) is 12.1 Å². The second-order valence-electron chi connectivity index (χ2n) is 10.8. The number of hydrogen-bond donors (Lipinski definition) is 5. The van der Waals surface area contributed by atoms with E-state index in [4.69, 9.17) is 5.73 Å². The van der Waals surface area contributed by atoms with Crippen LogP contribution in [0.4, 0.5) is 5.69 Å². The molecular weight excluding hydrogens is 615 g/mol. The van der Waals surface area contributed by atoms with Crippen LogP contribution in [0.1, 0.15) is 31.2 Å². The van der Waals surface area contributed by atoms with E-state index in [9.17, 15) is 19.5 Å². The highest BCUT2D eigenvalue weighted by atomic mass is 35.5. The smallest absolute Gasteiger partial charge is 0.249 e. The standard InChI is InChI=1S/C30H36N6O4.3ClH/c31-18-30(35-28(39)26(37)13-12-20-7-2-1-3-8-20)16-25(36(19-30)29(40)24-11-6-14-32-24)27(38)34-22-15-21-9-4-5-10-23(21)33-17-22;;;/h1-5,7-10,15,17,24-26,32,37H,6,11-14,16,18-19,31H2,(H,34,38)(H,35,39);3*1H/t24-,25-,26+,30-;;;/m0.../s1. The highest BCUT2D eigenvalue weighted by Crippen LogP contribution is 2.30. The van der Waals surface area contributed by atoms with E-state index in [0.29, 0.717) is 18.5 Å². The predicted octanol–water partition coefficient (Wildman–Crippen LogP) is 2.60. The van der Waals surface area contributed by atoms with Gasteiger partial charge in [-0.15, -0.1) is 37.2 Å². The number of carbonyl (C=O) groups is 3. The molecule has 13 heteroatoms. The van der Waals surface area contributed by atoms with Crippen LogP contribution in [0.2, 0.25) is 0 Å². The molecule has 2 fully saturated rings. The number of halogens is 3. The predicted molar refractivity (Wildman–Crippen MR) is 174 cm³/mol. The lowest BCUT2D eigenvalue weighted by molar-refractivity contribution is -0.138. The van der Waals surface area contributed by atoms with Gasteiger partial charge in [-0.05, 0) is 49.9 Å². The van der Waals surface area contributed by atoms with Gasteiger partial charge in [0.05, 0.1) is 29.0 Å². The second kappa shape index (κ2) is 16.2. The van der Waals surface area contributed by atoms with Gasteiger partial charge in [-0.1, -0.05) is 48.5 Å². The maximum atomic E-state index is 13.6. The van der Waals surface area contributed by atoms with Crippen LogP contribution in [0, 0.1) is 0 Å². The highest BCUT2D eigenvalue weighted by Gasteiger charge is 2.50. The highest BCUT2D eigenvalue weighted by molar-refractivity contribution is 5.99. The number of pyridine rings is 1. The minimum atomic E-state index is -1.25. The van der Waals surface area contributed by atoms with E-state index < -0.39 is 29.6 Å². The van der Waals surface area contributed by atoms with Crippen LogP contribution < -0.4 is 21.7 Å². The molecule has 2 saturated heterocycles. The monoisotopic (exact) mass is 652 g/mol. The van der Waals surface area contributed by atoms with E-state index in [0.717, 1.165) is 29.4 Å². The number of nitrogens with zero attached hydrogens (tertiary/aromatic N) is 2. The van der Waals surface area contributed by atoms with Crippen molar-refractivity contribution in [2.75, 3.05) is 25.0 Å². The van der Waals surface area contributed by atoms with E-state index in [1.54, 1.807) is 6.20 Å². The average molecular weight is 654 g/mol. The number of nitrogens with one attached hydrogen (secondary N) is 3. The molecule has 2 aliphatic rings. The first kappa shape index (κ1) is 36.2. The number of anilines is 1. The summed E-state index contributed by atoms with van der Waals surface area (Å²) in [4.78, 5) is 46.2. The SMILES string of the molecule is Cl.Cl.Cl.NC[C@@]1(NC(=O)[C@H](O)CCc2ccccc2)C[C@@H](C(=O)Nc2cnc3ccccc3c2)N(C(=O)[C@@H]2CCCN2)C1. The lowest BCUT2D eigenvalue weighted by atomic mass is 9.94. The Labute approximate surface area is 269 Å². The van der Waals surface area contributed by atoms with E-state index in [-0.39, 0.29) is 75.0 Å². The number of likely N-dealkylation sites (tertiary alicyclic amines) is 1. The molecule has 2 aliphatic heterocycles. The molecule has 3 heterocycles. The number of hydrogen-bond acceptors (Lipinski definition) is 7. The van der Waals surface area contributed by atoms with Crippen molar-refractivity contribution in [3.63, 3.8) is 0 Å². The fourth-order valence-corrected chi connectivity index (χ4v) is 5.62. The molecule has 0 saturated carbocycles. The number of aromatic nitrogens is 1. The van der Waals surface area contributed by atoms with Crippen molar-refractivity contribution >= 4 is 71.5 Å². The van der Waals surface area contributed by atoms with Gasteiger partial charge >= 0.3 is 0 Å². The first-order chi connectivity index (χ1) is 19.4. The lowest BCUT2D eigenvalue weighted by Gasteiger charge is -2.30. The number of benzene rings is 2. The number of carbonyl (C=O) groups excluding carboxylic acids is 3. The van der Waals surface area contributed by atoms with Crippen molar-refractivity contribution < 1.29 is 19.5 Å². The van der Waals surface area contributed by atoms with Crippen molar-refractivity contribution in [1.29, 1.82) is 0 Å². The quantitative estimate of drug-likeness (QED) is 0.238. The molecule has 1 aromatic heterocycles. The number of rotatable bonds is 9. The normalized spacial score (nSPS) is 21.6. The Hall–Kier alpha value is -2.99. The molecule has 0 unspecified atom stereocenters. The topological polar surface area (TPSA) is 150 Å². The largest absolute Gasteiger partial charge is 0.383 e. The lowest BCUT2D eigenvalue weighted by Crippen LogP contribution is -2.58. The molecule has 234 valence electrons. The third-order valence-corrected chi connectivity index (χ3v) is 7.87. The number of para-hydroxylation sites is 1. The molecule has 0 aliphatic carbocycles. The Balaban J connectivity index is 0.00000215. The molecule has 5 rings (SSSR count). The zero-order valence-corrected chi connectivity index (χ0v) is 26.1. The van der Waals surface area contributed by atoms with E-state index >= 15 is 0 Å². The van der Waals surface area contributed by atoms with Gasteiger partial charge in [0.15, 0.2) is 0 Å². The summed E-state index contributed by atoms with van der Waals surface area (Å²) < 4.78 is 0. The van der Waals surface area contributed by atoms with Gasteiger partial charge in [-0.25, -0.2) is 0 Å². The molecular formula is C30H39Cl3N6O4. The van der Waals surface area contributed by atoms with Crippen LogP contribution in [-0.2, 0) is 20.8 Å². The third-order valence-electron chi connectivity index (χ3n) is 7.87. The van der Waals surface area contributed by atoms with E-state index in [1.807, 2.05) is 60.7 Å². The summed E-state index contributed by atoms with van der Waals surface area (Å²) in [6.07, 6.45) is 2.79. The third kappa shape index (κ3) is 8.56. The van der Waals surface area contributed by atoms with Crippen LogP contribution in [0.25, 0.3) is 10.9 Å². The molecule has 3 aromatic rings. The molecule has 10 nitrogen and oxygen atoms in total. The van der Waals surface area contributed by atoms with Gasteiger partial charge in [-0.3, -0.25) is 19.4 Å². The number of fused-ring (bicyclic) bond motifs is 1. The molecule has 43 heavy (non-hydrogen) atoms. The molecule has 3 amide bonds. The summed E-state index contributed by atoms with van der Waals surface area (Å²) in [7, 11) is 0. The average Bonchev–Trinajstić information content (AvgIpc) is 3.65. The fraction of sp³-hybridized carbons (Fsp3) is 0.400. The number of aliphatic hydroxyl groups is 1. The molecule has 0 bridgehead atoms. The van der Waals surface area contributed by atoms with Crippen LogP contribution >= 0.6 is 37.2 Å². The van der Waals surface area contributed by atoms with Gasteiger partial charge in [0.2, 0.25) is 17.7 Å². The maximum Gasteiger partial charge on any atom is 0.249 e. The fourth-order valence-electron chi connectivity index (χ4n) is 5.62. The molecule has 4 atom stereocenters. The first-order valence-corrected chi connectivity index (χ1v) is 13.8. The maximum absolute atomic E-state index is 13.6. The zero-order valence-electron chi connectivity index (χ0n) is 23.6. The Morgan fingerprint density at radius 1 is 1.09 bits per heavy atom. The second-order valence-corrected chi connectivity index (χ2v) is 10.8. The molecule has 0 spiro atoms. The van der Waals surface area contributed by atoms with Crippen molar-refractivity contribution in [2.45, 2.75) is 55.8 Å². The number of aliphatic hydroxyl groups excluding tert-OH is 1. The van der Waals surface area contributed by atoms with Crippen molar-refractivity contribution in [2.24, 2.45) is 5.73 Å². The van der Waals surface area contributed by atoms with Gasteiger partial charge in [0, 0.05) is 24.9 Å². The van der Waals surface area contributed by atoms with Crippen LogP contribution in [0.3, 0.4) is 0 Å². The van der Waals surface area contributed by atoms with E-state index in [1.165, 1.54) is 4.90 Å². The number of amides is 3. The van der Waals surface area contributed by atoms with Gasteiger partial charge in [-0.2, -0.15) is 0 Å². The number of nitrogens with two attached hydrogens (primary N) is 1. The van der Waals surface area contributed by atoms with Crippen molar-refractivity contribution in [3.8, 4) is 0 Å². The first-order valence-electron chi connectivity index (χ1n) is 13.8. The number of aryl methyl sites for hydroxylation is 1. The Kier molecular flexibility index (Phi) is 13.6. The summed E-state index contributed by atoms with van der Waals surface area (Å²) in [5.74, 6) is -1.13. The Bertz CT molecular complexity index is 1380. The summed E-state index contributed by atoms with van der Waals surface area (Å²) in [6.45, 7) is 0.815. The van der Waals surface area contributed by atoms with Gasteiger partial charge in [0.25, 0.3) is 0 Å². The summed E-state index contributed by atoms with van der Waals surface area (Å²) in [5.41, 5.74) is 7.47. The molecule has 0 radical (unpaired) electrons. The Morgan fingerprint density at radius 2 is 1.81 bits per heavy atom. The molecule has 6 N–H and O–H groups in total.